The molecule has 0 spiro atoms. The van der Waals surface area contributed by atoms with Crippen LogP contribution in [0.15, 0.2) is 184 Å². The molecule has 1 aliphatic heterocycles. The minimum absolute atomic E-state index is 0.0757. The number of carbonyl (C=O) groups excluding carboxylic acids is 2. The molecular weight excluding hydrogens is 733 g/mol. The van der Waals surface area contributed by atoms with Gasteiger partial charge in [-0.3, -0.25) is 14.5 Å². The maximum Gasteiger partial charge on any atom is 0.176 e. The maximum absolute atomic E-state index is 13.7. The number of aromatic amines is 1. The largest absolute Gasteiger partial charge is 0.363 e. The van der Waals surface area contributed by atoms with Crippen LogP contribution in [0.3, 0.4) is 0 Å². The number of benzene rings is 2. The number of rotatable bonds is 12. The predicted molar refractivity (Wildman–Crippen MR) is 253 cm³/mol. The van der Waals surface area contributed by atoms with Crippen LogP contribution in [0.4, 0.5) is 0 Å². The van der Waals surface area contributed by atoms with Crippen molar-refractivity contribution >= 4 is 22.3 Å². The van der Waals surface area contributed by atoms with Crippen molar-refractivity contribution in [3.8, 4) is 0 Å². The highest BCUT2D eigenvalue weighted by atomic mass is 16.1. The van der Waals surface area contributed by atoms with Crippen LogP contribution < -0.4 is 0 Å². The number of nitrogens with zero attached hydrogens (tertiary/aromatic N) is 1. The number of fused-ring (bicyclic) bond motifs is 2. The van der Waals surface area contributed by atoms with E-state index in [4.69, 9.17) is 0 Å². The molecule has 0 saturated carbocycles. The molecule has 4 nitrogen and oxygen atoms in total. The van der Waals surface area contributed by atoms with Crippen LogP contribution in [0.5, 0.6) is 0 Å². The van der Waals surface area contributed by atoms with E-state index in [2.05, 4.69) is 187 Å². The third-order valence-electron chi connectivity index (χ3n) is 12.6. The summed E-state index contributed by atoms with van der Waals surface area (Å²) in [5.41, 5.74) is 12.0. The zero-order valence-electron chi connectivity index (χ0n) is 37.5. The number of carbonyl (C=O) groups is 2. The van der Waals surface area contributed by atoms with Gasteiger partial charge in [0.2, 0.25) is 0 Å². The van der Waals surface area contributed by atoms with Gasteiger partial charge < -0.3 is 4.98 Å². The average Bonchev–Trinajstić information content (AvgIpc) is 3.84. The zero-order chi connectivity index (χ0) is 43.2. The lowest BCUT2D eigenvalue weighted by Gasteiger charge is -2.40. The van der Waals surface area contributed by atoms with Crippen LogP contribution in [0, 0.1) is 10.8 Å². The highest BCUT2D eigenvalue weighted by Crippen LogP contribution is 2.47. The Kier molecular flexibility index (Phi) is 13.8. The van der Waals surface area contributed by atoms with Crippen molar-refractivity contribution in [3.63, 3.8) is 0 Å². The standard InChI is InChI=1S/C56H64N2O2/c1-38(21-17-23-40(3)29-31-49-42(5)53(59)48(33-55(49,7)8)52-47-28-16-15-25-44(47)35-57-52)19-11-12-20-39(2)22-18-24-41(4)30-32-50-43(6)54(60)51(34-56(50,9)10)58-36-45-26-13-14-27-46(45)37-58/h11-32,35,48,51,57H,33-34,36-37H2,1-10H3. The van der Waals surface area contributed by atoms with Gasteiger partial charge in [-0.25, -0.2) is 0 Å². The lowest BCUT2D eigenvalue weighted by Crippen LogP contribution is -2.45. The minimum atomic E-state index is -0.164. The van der Waals surface area contributed by atoms with Gasteiger partial charge in [-0.1, -0.05) is 184 Å². The molecule has 0 fully saturated rings. The van der Waals surface area contributed by atoms with Gasteiger partial charge in [0.05, 0.1) is 12.0 Å². The molecule has 1 N–H and O–H groups in total. The summed E-state index contributed by atoms with van der Waals surface area (Å²) in [4.78, 5) is 33.1. The van der Waals surface area contributed by atoms with Gasteiger partial charge in [0.25, 0.3) is 0 Å². The Labute approximate surface area is 359 Å². The summed E-state index contributed by atoms with van der Waals surface area (Å²) in [6.07, 6.45) is 33.1. The number of hydrogen-bond donors (Lipinski definition) is 1. The number of allylic oxidation sites excluding steroid dienone is 21. The van der Waals surface area contributed by atoms with Crippen LogP contribution >= 0.6 is 0 Å². The van der Waals surface area contributed by atoms with Crippen LogP contribution in [-0.2, 0) is 22.7 Å². The molecule has 3 aliphatic rings. The first-order valence-electron chi connectivity index (χ1n) is 21.5. The number of ketones is 2. The maximum atomic E-state index is 13.7. The Morgan fingerprint density at radius 3 is 1.65 bits per heavy atom. The monoisotopic (exact) mass is 796 g/mol. The normalized spacial score (nSPS) is 22.4. The molecule has 0 saturated heterocycles. The highest BCUT2D eigenvalue weighted by Gasteiger charge is 2.42. The third-order valence-corrected chi connectivity index (χ3v) is 12.6. The van der Waals surface area contributed by atoms with E-state index in [9.17, 15) is 9.59 Å². The highest BCUT2D eigenvalue weighted by molar-refractivity contribution is 6.04. The minimum Gasteiger partial charge on any atom is -0.363 e. The first kappa shape index (κ1) is 44.0. The molecule has 6 rings (SSSR count). The van der Waals surface area contributed by atoms with E-state index in [0.29, 0.717) is 0 Å². The fraction of sp³-hybridized carbons (Fsp3) is 0.321. The van der Waals surface area contributed by atoms with Crippen LogP contribution in [0.25, 0.3) is 10.8 Å². The van der Waals surface area contributed by atoms with Crippen molar-refractivity contribution in [1.29, 1.82) is 0 Å². The van der Waals surface area contributed by atoms with Gasteiger partial charge in [-0.2, -0.15) is 0 Å². The SMILES string of the molecule is CC(C=CC=C(C)C=CC1=C(C)C(=O)C(c2[nH]cc3ccccc23)CC1(C)C)=CC=CC=C(C)C=CC=C(C)C=CC1=C(C)C(=O)C(N2Cc3ccccc3C2)CC1(C)C. The van der Waals surface area contributed by atoms with Gasteiger partial charge in [0.15, 0.2) is 11.6 Å². The van der Waals surface area contributed by atoms with Crippen molar-refractivity contribution in [1.82, 2.24) is 9.88 Å². The molecule has 3 aromatic rings. The smallest absolute Gasteiger partial charge is 0.176 e. The number of H-pyrrole nitrogens is 1. The molecular formula is C56H64N2O2. The molecule has 4 heteroatoms. The molecule has 2 atom stereocenters. The number of Topliss-reactive ketones (excluding diaryl/α,β-unsaturated/α-hetero) is 2. The first-order chi connectivity index (χ1) is 28.6. The summed E-state index contributed by atoms with van der Waals surface area (Å²) >= 11 is 0. The predicted octanol–water partition coefficient (Wildman–Crippen LogP) is 13.8. The first-order valence-corrected chi connectivity index (χ1v) is 21.5. The Hall–Kier alpha value is -5.58. The molecule has 310 valence electrons. The van der Waals surface area contributed by atoms with E-state index in [0.717, 1.165) is 87.0 Å². The summed E-state index contributed by atoms with van der Waals surface area (Å²) in [5, 5.41) is 2.28. The Balaban J connectivity index is 0.996. The van der Waals surface area contributed by atoms with Crippen molar-refractivity contribution in [2.75, 3.05) is 0 Å². The van der Waals surface area contributed by atoms with Crippen LogP contribution in [0.1, 0.15) is 105 Å². The van der Waals surface area contributed by atoms with Gasteiger partial charge >= 0.3 is 0 Å². The van der Waals surface area contributed by atoms with Crippen molar-refractivity contribution in [3.05, 3.63) is 201 Å². The summed E-state index contributed by atoms with van der Waals surface area (Å²) < 4.78 is 0. The van der Waals surface area contributed by atoms with E-state index in [1.165, 1.54) is 11.1 Å². The van der Waals surface area contributed by atoms with Crippen molar-refractivity contribution in [2.45, 2.75) is 107 Å². The molecule has 2 unspecified atom stereocenters. The van der Waals surface area contributed by atoms with E-state index < -0.39 is 0 Å². The van der Waals surface area contributed by atoms with Gasteiger partial charge in [0.1, 0.15) is 0 Å². The average molecular weight is 797 g/mol. The van der Waals surface area contributed by atoms with Crippen LogP contribution in [-0.4, -0.2) is 27.5 Å². The Morgan fingerprint density at radius 1 is 0.617 bits per heavy atom. The van der Waals surface area contributed by atoms with E-state index in [-0.39, 0.29) is 34.4 Å². The van der Waals surface area contributed by atoms with Crippen LogP contribution in [0.2, 0.25) is 0 Å². The summed E-state index contributed by atoms with van der Waals surface area (Å²) in [6, 6.07) is 16.7. The fourth-order valence-electron chi connectivity index (χ4n) is 9.16. The van der Waals surface area contributed by atoms with E-state index in [1.807, 2.05) is 32.2 Å². The van der Waals surface area contributed by atoms with Gasteiger partial charge in [-0.05, 0) is 104 Å². The summed E-state index contributed by atoms with van der Waals surface area (Å²) in [6.45, 7) is 23.1. The molecule has 0 bridgehead atoms. The van der Waals surface area contributed by atoms with Crippen molar-refractivity contribution < 1.29 is 9.59 Å². The number of nitrogens with one attached hydrogen (secondary N) is 1. The van der Waals surface area contributed by atoms with Gasteiger partial charge in [-0.15, -0.1) is 0 Å². The molecule has 60 heavy (non-hydrogen) atoms. The second-order valence-corrected chi connectivity index (χ2v) is 18.4. The molecule has 2 heterocycles. The van der Waals surface area contributed by atoms with Gasteiger partial charge in [0, 0.05) is 30.4 Å². The zero-order valence-corrected chi connectivity index (χ0v) is 37.5. The summed E-state index contributed by atoms with van der Waals surface area (Å²) in [7, 11) is 0. The van der Waals surface area contributed by atoms with Crippen molar-refractivity contribution in [2.24, 2.45) is 10.8 Å². The molecule has 0 radical (unpaired) electrons. The number of aromatic nitrogens is 1. The third kappa shape index (κ3) is 10.2. The molecule has 2 aromatic carbocycles. The van der Waals surface area contributed by atoms with E-state index in [1.54, 1.807) is 0 Å². The fourth-order valence-corrected chi connectivity index (χ4v) is 9.16. The molecule has 0 amide bonds. The van der Waals surface area contributed by atoms with E-state index >= 15 is 0 Å². The Morgan fingerprint density at radius 2 is 1.08 bits per heavy atom. The lowest BCUT2D eigenvalue weighted by atomic mass is 9.66. The lowest BCUT2D eigenvalue weighted by molar-refractivity contribution is -0.123. The topological polar surface area (TPSA) is 53.2 Å². The molecule has 2 aliphatic carbocycles. The quantitative estimate of drug-likeness (QED) is 0.186. The number of hydrogen-bond acceptors (Lipinski definition) is 3. The molecule has 1 aromatic heterocycles. The second kappa shape index (κ2) is 18.8. The Bertz CT molecular complexity index is 2460. The second-order valence-electron chi connectivity index (χ2n) is 18.4. The summed E-state index contributed by atoms with van der Waals surface area (Å²) in [5.74, 6) is 0.305.